The number of fused-ring (bicyclic) bond motifs is 1. The standard InChI is InChI=1S/C13H18N4/c1-10-14-12-5-3-4-6-13(12)17(10)9-11-7-8-16(2)15-11/h7-8H,3-6,9H2,1-2H3. The van der Waals surface area contributed by atoms with Crippen LogP contribution in [0.4, 0.5) is 0 Å². The van der Waals surface area contributed by atoms with Crippen molar-refractivity contribution in [3.05, 3.63) is 35.2 Å². The molecular weight excluding hydrogens is 212 g/mol. The molecule has 0 aliphatic heterocycles. The molecule has 0 amide bonds. The summed E-state index contributed by atoms with van der Waals surface area (Å²) in [6.07, 6.45) is 6.88. The van der Waals surface area contributed by atoms with Crippen LogP contribution in [0.5, 0.6) is 0 Å². The molecule has 1 aliphatic rings. The summed E-state index contributed by atoms with van der Waals surface area (Å²) in [5, 5.41) is 4.44. The number of aryl methyl sites for hydroxylation is 3. The molecule has 1 aliphatic carbocycles. The third-order valence-electron chi connectivity index (χ3n) is 3.51. The normalized spacial score (nSPS) is 14.9. The lowest BCUT2D eigenvalue weighted by Crippen LogP contribution is -2.10. The Morgan fingerprint density at radius 1 is 1.29 bits per heavy atom. The third-order valence-corrected chi connectivity index (χ3v) is 3.51. The first-order chi connectivity index (χ1) is 8.24. The Morgan fingerprint density at radius 2 is 2.12 bits per heavy atom. The van der Waals surface area contributed by atoms with Crippen LogP contribution in [0.15, 0.2) is 12.3 Å². The highest BCUT2D eigenvalue weighted by Gasteiger charge is 2.18. The van der Waals surface area contributed by atoms with Gasteiger partial charge in [-0.2, -0.15) is 5.10 Å². The van der Waals surface area contributed by atoms with E-state index >= 15 is 0 Å². The van der Waals surface area contributed by atoms with E-state index in [0.717, 1.165) is 24.5 Å². The Labute approximate surface area is 101 Å². The molecule has 0 saturated heterocycles. The van der Waals surface area contributed by atoms with E-state index in [1.165, 1.54) is 30.7 Å². The van der Waals surface area contributed by atoms with E-state index in [4.69, 9.17) is 0 Å². The molecule has 0 fully saturated rings. The molecule has 0 unspecified atom stereocenters. The maximum absolute atomic E-state index is 4.68. The molecular formula is C13H18N4. The lowest BCUT2D eigenvalue weighted by atomic mass is 10.0. The van der Waals surface area contributed by atoms with Crippen LogP contribution in [0, 0.1) is 6.92 Å². The zero-order valence-electron chi connectivity index (χ0n) is 10.5. The van der Waals surface area contributed by atoms with Gasteiger partial charge in [0.05, 0.1) is 17.9 Å². The van der Waals surface area contributed by atoms with Crippen molar-refractivity contribution in [1.29, 1.82) is 0 Å². The Bertz CT molecular complexity index is 536. The van der Waals surface area contributed by atoms with Gasteiger partial charge in [-0.25, -0.2) is 4.98 Å². The van der Waals surface area contributed by atoms with Crippen LogP contribution in [0.1, 0.15) is 35.7 Å². The molecule has 0 atom stereocenters. The van der Waals surface area contributed by atoms with Crippen LogP contribution in [0.25, 0.3) is 0 Å². The smallest absolute Gasteiger partial charge is 0.106 e. The highest BCUT2D eigenvalue weighted by Crippen LogP contribution is 2.22. The van der Waals surface area contributed by atoms with Gasteiger partial charge in [-0.1, -0.05) is 0 Å². The molecule has 2 heterocycles. The van der Waals surface area contributed by atoms with Gasteiger partial charge in [-0.3, -0.25) is 4.68 Å². The Hall–Kier alpha value is -1.58. The molecule has 0 aromatic carbocycles. The number of imidazole rings is 1. The maximum Gasteiger partial charge on any atom is 0.106 e. The zero-order valence-corrected chi connectivity index (χ0v) is 10.5. The average Bonchev–Trinajstić information content (AvgIpc) is 2.85. The average molecular weight is 230 g/mol. The predicted molar refractivity (Wildman–Crippen MR) is 65.9 cm³/mol. The highest BCUT2D eigenvalue weighted by atomic mass is 15.3. The first-order valence-corrected chi connectivity index (χ1v) is 6.27. The Kier molecular flexibility index (Phi) is 2.50. The quantitative estimate of drug-likeness (QED) is 0.789. The largest absolute Gasteiger partial charge is 0.326 e. The second-order valence-electron chi connectivity index (χ2n) is 4.83. The lowest BCUT2D eigenvalue weighted by Gasteiger charge is -2.13. The molecule has 4 nitrogen and oxygen atoms in total. The summed E-state index contributed by atoms with van der Waals surface area (Å²) in [5.74, 6) is 1.13. The van der Waals surface area contributed by atoms with E-state index in [9.17, 15) is 0 Å². The minimum atomic E-state index is 0.856. The molecule has 4 heteroatoms. The summed E-state index contributed by atoms with van der Waals surface area (Å²) in [4.78, 5) is 4.68. The van der Waals surface area contributed by atoms with E-state index in [0.29, 0.717) is 0 Å². The molecule has 0 spiro atoms. The van der Waals surface area contributed by atoms with Crippen LogP contribution < -0.4 is 0 Å². The minimum Gasteiger partial charge on any atom is -0.326 e. The van der Waals surface area contributed by atoms with Crippen molar-refractivity contribution in [1.82, 2.24) is 19.3 Å². The lowest BCUT2D eigenvalue weighted by molar-refractivity contribution is 0.615. The maximum atomic E-state index is 4.68. The van der Waals surface area contributed by atoms with Crippen molar-refractivity contribution in [2.45, 2.75) is 39.2 Å². The van der Waals surface area contributed by atoms with Crippen molar-refractivity contribution >= 4 is 0 Å². The number of hydrogen-bond donors (Lipinski definition) is 0. The summed E-state index contributed by atoms with van der Waals surface area (Å²) in [5.41, 5.74) is 3.85. The summed E-state index contributed by atoms with van der Waals surface area (Å²) in [6.45, 7) is 2.95. The van der Waals surface area contributed by atoms with Gasteiger partial charge in [0.2, 0.25) is 0 Å². The second kappa shape index (κ2) is 4.02. The van der Waals surface area contributed by atoms with E-state index < -0.39 is 0 Å². The molecule has 0 saturated carbocycles. The van der Waals surface area contributed by atoms with E-state index in [-0.39, 0.29) is 0 Å². The molecule has 90 valence electrons. The van der Waals surface area contributed by atoms with Crippen LogP contribution >= 0.6 is 0 Å². The van der Waals surface area contributed by atoms with Crippen LogP contribution in [-0.2, 0) is 26.4 Å². The fourth-order valence-electron chi connectivity index (χ4n) is 2.65. The molecule has 3 rings (SSSR count). The summed E-state index contributed by atoms with van der Waals surface area (Å²) < 4.78 is 4.19. The molecule has 0 radical (unpaired) electrons. The monoisotopic (exact) mass is 230 g/mol. The van der Waals surface area contributed by atoms with E-state index in [2.05, 4.69) is 27.6 Å². The van der Waals surface area contributed by atoms with Gasteiger partial charge in [0.1, 0.15) is 5.82 Å². The summed E-state index contributed by atoms with van der Waals surface area (Å²) in [7, 11) is 1.96. The van der Waals surface area contributed by atoms with Crippen LogP contribution in [0.2, 0.25) is 0 Å². The van der Waals surface area contributed by atoms with E-state index in [1.807, 2.05) is 17.9 Å². The second-order valence-corrected chi connectivity index (χ2v) is 4.83. The molecule has 0 N–H and O–H groups in total. The van der Waals surface area contributed by atoms with Gasteiger partial charge < -0.3 is 4.57 Å². The molecule has 17 heavy (non-hydrogen) atoms. The number of hydrogen-bond acceptors (Lipinski definition) is 2. The molecule has 2 aromatic rings. The molecule has 2 aromatic heterocycles. The van der Waals surface area contributed by atoms with Gasteiger partial charge in [-0.05, 0) is 38.7 Å². The van der Waals surface area contributed by atoms with Crippen LogP contribution in [-0.4, -0.2) is 19.3 Å². The zero-order chi connectivity index (χ0) is 11.8. The third kappa shape index (κ3) is 1.88. The fourth-order valence-corrected chi connectivity index (χ4v) is 2.65. The first-order valence-electron chi connectivity index (χ1n) is 6.27. The van der Waals surface area contributed by atoms with Gasteiger partial charge in [0, 0.05) is 18.9 Å². The first kappa shape index (κ1) is 10.6. The Balaban J connectivity index is 1.94. The van der Waals surface area contributed by atoms with Crippen molar-refractivity contribution in [2.75, 3.05) is 0 Å². The van der Waals surface area contributed by atoms with Crippen molar-refractivity contribution in [2.24, 2.45) is 7.05 Å². The number of aromatic nitrogens is 4. The van der Waals surface area contributed by atoms with Gasteiger partial charge in [0.15, 0.2) is 0 Å². The number of nitrogens with zero attached hydrogens (tertiary/aromatic N) is 4. The Morgan fingerprint density at radius 3 is 2.88 bits per heavy atom. The predicted octanol–water partition coefficient (Wildman–Crippen LogP) is 1.85. The number of rotatable bonds is 2. The van der Waals surface area contributed by atoms with Gasteiger partial charge in [0.25, 0.3) is 0 Å². The van der Waals surface area contributed by atoms with Crippen molar-refractivity contribution in [3.8, 4) is 0 Å². The van der Waals surface area contributed by atoms with Crippen molar-refractivity contribution in [3.63, 3.8) is 0 Å². The fraction of sp³-hybridized carbons (Fsp3) is 0.538. The van der Waals surface area contributed by atoms with Crippen LogP contribution in [0.3, 0.4) is 0 Å². The van der Waals surface area contributed by atoms with Gasteiger partial charge >= 0.3 is 0 Å². The molecule has 0 bridgehead atoms. The minimum absolute atomic E-state index is 0.856. The topological polar surface area (TPSA) is 35.6 Å². The SMILES string of the molecule is Cc1nc2c(n1Cc1ccn(C)n1)CCCC2. The van der Waals surface area contributed by atoms with Gasteiger partial charge in [-0.15, -0.1) is 0 Å². The summed E-state index contributed by atoms with van der Waals surface area (Å²) >= 11 is 0. The highest BCUT2D eigenvalue weighted by molar-refractivity contribution is 5.21. The summed E-state index contributed by atoms with van der Waals surface area (Å²) in [6, 6.07) is 2.08. The van der Waals surface area contributed by atoms with Crippen molar-refractivity contribution < 1.29 is 0 Å². The van der Waals surface area contributed by atoms with E-state index in [1.54, 1.807) is 0 Å².